The number of hydrogen-bond donors (Lipinski definition) is 1. The van der Waals surface area contributed by atoms with Gasteiger partial charge in [0.15, 0.2) is 0 Å². The number of hydrogen-bond acceptors (Lipinski definition) is 4. The fourth-order valence-electron chi connectivity index (χ4n) is 1.63. The Bertz CT molecular complexity index is 341. The van der Waals surface area contributed by atoms with E-state index in [0.717, 1.165) is 12.2 Å². The van der Waals surface area contributed by atoms with Crippen molar-refractivity contribution in [3.05, 3.63) is 18.1 Å². The first-order valence-corrected chi connectivity index (χ1v) is 6.26. The normalized spacial score (nSPS) is 14.7. The van der Waals surface area contributed by atoms with E-state index in [1.54, 1.807) is 6.20 Å². The minimum absolute atomic E-state index is 0.126. The molecule has 1 rings (SSSR count). The highest BCUT2D eigenvalue weighted by atomic mass is 16.5. The van der Waals surface area contributed by atoms with Crippen molar-refractivity contribution < 1.29 is 4.74 Å². The van der Waals surface area contributed by atoms with Gasteiger partial charge in [0.1, 0.15) is 0 Å². The summed E-state index contributed by atoms with van der Waals surface area (Å²) in [4.78, 5) is 8.68. The van der Waals surface area contributed by atoms with Gasteiger partial charge in [0.2, 0.25) is 5.88 Å². The molecule has 0 aliphatic heterocycles. The molecule has 1 N–H and O–H groups in total. The van der Waals surface area contributed by atoms with Crippen LogP contribution in [-0.2, 0) is 0 Å². The molecule has 0 amide bonds. The summed E-state index contributed by atoms with van der Waals surface area (Å²) < 4.78 is 5.55. The Balaban J connectivity index is 2.76. The Morgan fingerprint density at radius 2 is 1.94 bits per heavy atom. The lowest BCUT2D eigenvalue weighted by Crippen LogP contribution is -2.31. The van der Waals surface area contributed by atoms with Crippen LogP contribution in [0.5, 0.6) is 5.88 Å². The van der Waals surface area contributed by atoms with Crippen molar-refractivity contribution >= 4 is 0 Å². The lowest BCUT2D eigenvalue weighted by molar-refractivity contribution is 0.230. The number of likely N-dealkylation sites (N-methyl/N-ethyl adjacent to an activating group) is 1. The quantitative estimate of drug-likeness (QED) is 0.825. The Kier molecular flexibility index (Phi) is 5.35. The summed E-state index contributed by atoms with van der Waals surface area (Å²) in [6.07, 6.45) is 3.60. The van der Waals surface area contributed by atoms with Crippen LogP contribution in [0.25, 0.3) is 0 Å². The van der Waals surface area contributed by atoms with E-state index in [0.29, 0.717) is 17.8 Å². The van der Waals surface area contributed by atoms with Gasteiger partial charge in [0, 0.05) is 18.2 Å². The first kappa shape index (κ1) is 13.9. The van der Waals surface area contributed by atoms with E-state index in [1.165, 1.54) is 0 Å². The zero-order valence-corrected chi connectivity index (χ0v) is 11.4. The summed E-state index contributed by atoms with van der Waals surface area (Å²) in [7, 11) is 0. The van der Waals surface area contributed by atoms with E-state index in [1.807, 2.05) is 20.0 Å². The zero-order chi connectivity index (χ0) is 12.8. The van der Waals surface area contributed by atoms with Crippen molar-refractivity contribution in [2.45, 2.75) is 52.7 Å². The highest BCUT2D eigenvalue weighted by Crippen LogP contribution is 2.18. The lowest BCUT2D eigenvalue weighted by atomic mass is 10.0. The monoisotopic (exact) mass is 237 g/mol. The minimum atomic E-state index is 0.126. The summed E-state index contributed by atoms with van der Waals surface area (Å²) in [5.41, 5.74) is 0.969. The van der Waals surface area contributed by atoms with Crippen LogP contribution in [-0.4, -0.2) is 28.7 Å². The summed E-state index contributed by atoms with van der Waals surface area (Å²) >= 11 is 0. The van der Waals surface area contributed by atoms with E-state index in [9.17, 15) is 0 Å². The second-order valence-electron chi connectivity index (χ2n) is 4.58. The van der Waals surface area contributed by atoms with Crippen molar-refractivity contribution in [2.24, 2.45) is 0 Å². The van der Waals surface area contributed by atoms with Gasteiger partial charge in [0.05, 0.1) is 18.0 Å². The largest absolute Gasteiger partial charge is 0.474 e. The summed E-state index contributed by atoms with van der Waals surface area (Å²) in [5.74, 6) is 0.922. The average molecular weight is 237 g/mol. The molecule has 0 radical (unpaired) electrons. The van der Waals surface area contributed by atoms with Gasteiger partial charge in [-0.1, -0.05) is 13.8 Å². The van der Waals surface area contributed by atoms with Gasteiger partial charge in [-0.3, -0.25) is 4.98 Å². The molecule has 0 aliphatic rings. The van der Waals surface area contributed by atoms with E-state index in [-0.39, 0.29) is 6.10 Å². The van der Waals surface area contributed by atoms with E-state index in [4.69, 9.17) is 4.74 Å². The molecule has 0 saturated heterocycles. The number of nitrogens with zero attached hydrogens (tertiary/aromatic N) is 2. The number of rotatable bonds is 6. The highest BCUT2D eigenvalue weighted by molar-refractivity contribution is 5.13. The van der Waals surface area contributed by atoms with Crippen molar-refractivity contribution in [3.8, 4) is 5.88 Å². The fourth-order valence-corrected chi connectivity index (χ4v) is 1.63. The van der Waals surface area contributed by atoms with Crippen LogP contribution in [0.3, 0.4) is 0 Å². The second-order valence-corrected chi connectivity index (χ2v) is 4.58. The van der Waals surface area contributed by atoms with E-state index >= 15 is 0 Å². The molecule has 2 unspecified atom stereocenters. The molecule has 0 aromatic carbocycles. The average Bonchev–Trinajstić information content (AvgIpc) is 2.28. The SMILES string of the molecule is CCNC(C)C(C)c1cncc(OC(C)C)n1. The topological polar surface area (TPSA) is 47.0 Å². The smallest absolute Gasteiger partial charge is 0.232 e. The van der Waals surface area contributed by atoms with Gasteiger partial charge in [-0.25, -0.2) is 4.98 Å². The number of ether oxygens (including phenoxy) is 1. The molecule has 4 nitrogen and oxygen atoms in total. The molecular weight excluding hydrogens is 214 g/mol. The van der Waals surface area contributed by atoms with Gasteiger partial charge in [0.25, 0.3) is 0 Å². The van der Waals surface area contributed by atoms with Crippen LogP contribution in [0.2, 0.25) is 0 Å². The maximum Gasteiger partial charge on any atom is 0.232 e. The molecule has 2 atom stereocenters. The Morgan fingerprint density at radius 3 is 2.53 bits per heavy atom. The van der Waals surface area contributed by atoms with Crippen molar-refractivity contribution in [3.63, 3.8) is 0 Å². The predicted octanol–water partition coefficient (Wildman–Crippen LogP) is 2.37. The minimum Gasteiger partial charge on any atom is -0.474 e. The molecule has 0 saturated carbocycles. The molecule has 4 heteroatoms. The molecule has 0 aliphatic carbocycles. The van der Waals surface area contributed by atoms with Gasteiger partial charge in [-0.2, -0.15) is 0 Å². The van der Waals surface area contributed by atoms with Crippen LogP contribution in [0.4, 0.5) is 0 Å². The van der Waals surface area contributed by atoms with Crippen LogP contribution in [0, 0.1) is 0 Å². The van der Waals surface area contributed by atoms with Crippen molar-refractivity contribution in [2.75, 3.05) is 6.54 Å². The van der Waals surface area contributed by atoms with Crippen molar-refractivity contribution in [1.82, 2.24) is 15.3 Å². The Morgan fingerprint density at radius 1 is 1.24 bits per heavy atom. The number of aromatic nitrogens is 2. The molecule has 1 aromatic heterocycles. The molecule has 0 spiro atoms. The van der Waals surface area contributed by atoms with E-state index < -0.39 is 0 Å². The molecule has 96 valence electrons. The van der Waals surface area contributed by atoms with Gasteiger partial charge in [-0.05, 0) is 27.3 Å². The molecule has 0 fully saturated rings. The Labute approximate surface area is 104 Å². The first-order chi connectivity index (χ1) is 8.04. The second kappa shape index (κ2) is 6.55. The molecule has 1 aromatic rings. The fraction of sp³-hybridized carbons (Fsp3) is 0.692. The first-order valence-electron chi connectivity index (χ1n) is 6.26. The van der Waals surface area contributed by atoms with Crippen LogP contribution in [0.15, 0.2) is 12.4 Å². The molecule has 0 bridgehead atoms. The van der Waals surface area contributed by atoms with E-state index in [2.05, 4.69) is 36.1 Å². The van der Waals surface area contributed by atoms with Crippen molar-refractivity contribution in [1.29, 1.82) is 0 Å². The van der Waals surface area contributed by atoms with Crippen LogP contribution >= 0.6 is 0 Å². The summed E-state index contributed by atoms with van der Waals surface area (Å²) in [6.45, 7) is 11.3. The summed E-state index contributed by atoms with van der Waals surface area (Å²) in [5, 5.41) is 3.40. The highest BCUT2D eigenvalue weighted by Gasteiger charge is 2.15. The predicted molar refractivity (Wildman–Crippen MR) is 69.3 cm³/mol. The third-order valence-corrected chi connectivity index (χ3v) is 2.73. The third kappa shape index (κ3) is 4.30. The molecule has 17 heavy (non-hydrogen) atoms. The maximum atomic E-state index is 5.55. The Hall–Kier alpha value is -1.16. The molecule has 1 heterocycles. The van der Waals surface area contributed by atoms with Crippen LogP contribution < -0.4 is 10.1 Å². The third-order valence-electron chi connectivity index (χ3n) is 2.73. The summed E-state index contributed by atoms with van der Waals surface area (Å²) in [6, 6.07) is 0.378. The standard InChI is InChI=1S/C13H23N3O/c1-6-15-11(5)10(4)12-7-14-8-13(16-12)17-9(2)3/h7-11,15H,6H2,1-5H3. The van der Waals surface area contributed by atoms with Gasteiger partial charge in [-0.15, -0.1) is 0 Å². The maximum absolute atomic E-state index is 5.55. The number of nitrogens with one attached hydrogen (secondary N) is 1. The van der Waals surface area contributed by atoms with Gasteiger partial charge < -0.3 is 10.1 Å². The van der Waals surface area contributed by atoms with Gasteiger partial charge >= 0.3 is 0 Å². The van der Waals surface area contributed by atoms with Crippen LogP contribution in [0.1, 0.15) is 46.2 Å². The molecular formula is C13H23N3O. The zero-order valence-electron chi connectivity index (χ0n) is 11.4. The lowest BCUT2D eigenvalue weighted by Gasteiger charge is -2.20.